The highest BCUT2D eigenvalue weighted by molar-refractivity contribution is 9.12. The summed E-state index contributed by atoms with van der Waals surface area (Å²) in [5.41, 5.74) is 0. The van der Waals surface area contributed by atoms with Gasteiger partial charge in [0.2, 0.25) is 0 Å². The van der Waals surface area contributed by atoms with Crippen molar-refractivity contribution in [2.75, 3.05) is 0 Å². The normalized spacial score (nSPS) is 61.2. The van der Waals surface area contributed by atoms with Crippen molar-refractivity contribution in [2.45, 2.75) is 22.5 Å². The van der Waals surface area contributed by atoms with E-state index in [9.17, 15) is 0 Å². The lowest BCUT2D eigenvalue weighted by Crippen LogP contribution is -2.53. The first-order valence-corrected chi connectivity index (χ1v) is 6.58. The highest BCUT2D eigenvalue weighted by Crippen LogP contribution is 2.57. The first-order valence-electron chi connectivity index (χ1n) is 4.75. The zero-order chi connectivity index (χ0) is 8.29. The molecule has 4 rings (SSSR count). The Hall–Kier alpha value is 0.700. The second-order valence-corrected chi connectivity index (χ2v) is 6.45. The lowest BCUT2D eigenvalue weighted by Gasteiger charge is -2.55. The van der Waals surface area contributed by atoms with Crippen molar-refractivity contribution >= 4 is 31.9 Å². The molecule has 12 heavy (non-hydrogen) atoms. The number of allylic oxidation sites excluding steroid dienone is 2. The molecular weight excluding hydrogens is 280 g/mol. The molecule has 0 aromatic carbocycles. The molecule has 0 amide bonds. The van der Waals surface area contributed by atoms with E-state index in [4.69, 9.17) is 0 Å². The molecule has 0 aliphatic heterocycles. The molecule has 0 N–H and O–H groups in total. The van der Waals surface area contributed by atoms with Gasteiger partial charge in [0.15, 0.2) is 0 Å². The third kappa shape index (κ3) is 0.836. The molecule has 0 saturated heterocycles. The molecular formula is C10H12Br2. The van der Waals surface area contributed by atoms with Gasteiger partial charge in [0.25, 0.3) is 0 Å². The SMILES string of the molecule is Br[C@@H]1[C@H](Br)[C@@H]2CC[C@H]1[C@@H]1C=C[C@@H]12. The van der Waals surface area contributed by atoms with Crippen molar-refractivity contribution in [3.63, 3.8) is 0 Å². The van der Waals surface area contributed by atoms with Gasteiger partial charge in [0, 0.05) is 9.65 Å². The molecule has 0 heterocycles. The van der Waals surface area contributed by atoms with E-state index in [0.29, 0.717) is 0 Å². The van der Waals surface area contributed by atoms with Crippen LogP contribution in [0.2, 0.25) is 0 Å². The summed E-state index contributed by atoms with van der Waals surface area (Å²) in [6, 6.07) is 0. The van der Waals surface area contributed by atoms with Crippen LogP contribution in [0.25, 0.3) is 0 Å². The van der Waals surface area contributed by atoms with Crippen LogP contribution in [0.1, 0.15) is 12.8 Å². The number of alkyl halides is 2. The van der Waals surface area contributed by atoms with Gasteiger partial charge < -0.3 is 0 Å². The number of hydrogen-bond donors (Lipinski definition) is 0. The Labute approximate surface area is 90.1 Å². The van der Waals surface area contributed by atoms with Gasteiger partial charge in [-0.3, -0.25) is 0 Å². The van der Waals surface area contributed by atoms with Gasteiger partial charge in [-0.25, -0.2) is 0 Å². The summed E-state index contributed by atoms with van der Waals surface area (Å²) in [5, 5.41) is 0. The Bertz CT molecular complexity index is 212. The molecule has 3 fully saturated rings. The predicted octanol–water partition coefficient (Wildman–Crippen LogP) is 3.36. The summed E-state index contributed by atoms with van der Waals surface area (Å²) < 4.78 is 0. The van der Waals surface area contributed by atoms with Crippen LogP contribution >= 0.6 is 31.9 Å². The largest absolute Gasteiger partial charge is 0.0875 e. The Kier molecular flexibility index (Phi) is 1.74. The lowest BCUT2D eigenvalue weighted by atomic mass is 9.54. The number of rotatable bonds is 0. The molecule has 4 aliphatic rings. The van der Waals surface area contributed by atoms with Crippen LogP contribution in [-0.2, 0) is 0 Å². The summed E-state index contributed by atoms with van der Waals surface area (Å²) in [7, 11) is 0. The average molecular weight is 292 g/mol. The van der Waals surface area contributed by atoms with Crippen LogP contribution in [-0.4, -0.2) is 9.65 Å². The van der Waals surface area contributed by atoms with Gasteiger partial charge in [-0.2, -0.15) is 0 Å². The second kappa shape index (κ2) is 2.60. The number of halogens is 2. The zero-order valence-electron chi connectivity index (χ0n) is 6.79. The quantitative estimate of drug-likeness (QED) is 0.474. The Morgan fingerprint density at radius 2 is 1.25 bits per heavy atom. The van der Waals surface area contributed by atoms with E-state index < -0.39 is 0 Å². The standard InChI is InChI=1S/C10H12Br2/c11-9-7-3-4-8(10(9)12)6-2-1-5(6)7/h1-2,5-10H,3-4H2/t5-,6+,7+,8-,9+,10-. The van der Waals surface area contributed by atoms with Crippen LogP contribution in [0.15, 0.2) is 12.2 Å². The zero-order valence-corrected chi connectivity index (χ0v) is 9.96. The van der Waals surface area contributed by atoms with E-state index in [2.05, 4.69) is 44.0 Å². The Balaban J connectivity index is 1.97. The van der Waals surface area contributed by atoms with Crippen molar-refractivity contribution in [3.8, 4) is 0 Å². The summed E-state index contributed by atoms with van der Waals surface area (Å²) in [6.07, 6.45) is 7.73. The topological polar surface area (TPSA) is 0 Å². The van der Waals surface area contributed by atoms with Crippen molar-refractivity contribution in [3.05, 3.63) is 12.2 Å². The van der Waals surface area contributed by atoms with Crippen molar-refractivity contribution in [1.29, 1.82) is 0 Å². The minimum Gasteiger partial charge on any atom is -0.0875 e. The average Bonchev–Trinajstić information content (AvgIpc) is 2.00. The van der Waals surface area contributed by atoms with Crippen molar-refractivity contribution in [1.82, 2.24) is 0 Å². The smallest absolute Gasteiger partial charge is 0.0308 e. The van der Waals surface area contributed by atoms with Gasteiger partial charge in [-0.15, -0.1) is 0 Å². The maximum atomic E-state index is 3.83. The molecule has 2 heteroatoms. The lowest BCUT2D eigenvalue weighted by molar-refractivity contribution is 0.0769. The van der Waals surface area contributed by atoms with E-state index >= 15 is 0 Å². The molecule has 2 bridgehead atoms. The monoisotopic (exact) mass is 290 g/mol. The van der Waals surface area contributed by atoms with Crippen LogP contribution in [0, 0.1) is 23.7 Å². The molecule has 0 aromatic rings. The van der Waals surface area contributed by atoms with Crippen LogP contribution in [0.3, 0.4) is 0 Å². The van der Waals surface area contributed by atoms with E-state index in [-0.39, 0.29) is 0 Å². The highest BCUT2D eigenvalue weighted by Gasteiger charge is 2.53. The van der Waals surface area contributed by atoms with Crippen LogP contribution in [0.4, 0.5) is 0 Å². The fraction of sp³-hybridized carbons (Fsp3) is 0.800. The van der Waals surface area contributed by atoms with E-state index in [1.807, 2.05) is 0 Å². The molecule has 3 saturated carbocycles. The maximum Gasteiger partial charge on any atom is 0.0308 e. The first kappa shape index (κ1) is 8.05. The van der Waals surface area contributed by atoms with Gasteiger partial charge in [-0.1, -0.05) is 44.0 Å². The number of hydrogen-bond acceptors (Lipinski definition) is 0. The van der Waals surface area contributed by atoms with Crippen molar-refractivity contribution < 1.29 is 0 Å². The van der Waals surface area contributed by atoms with E-state index in [1.54, 1.807) is 0 Å². The summed E-state index contributed by atoms with van der Waals surface area (Å²) in [4.78, 5) is 1.45. The fourth-order valence-electron chi connectivity index (χ4n) is 3.21. The van der Waals surface area contributed by atoms with E-state index in [1.165, 1.54) is 12.8 Å². The second-order valence-electron chi connectivity index (χ2n) is 4.33. The molecule has 0 nitrogen and oxygen atoms in total. The van der Waals surface area contributed by atoms with E-state index in [0.717, 1.165) is 33.3 Å². The van der Waals surface area contributed by atoms with Gasteiger partial charge in [0.1, 0.15) is 0 Å². The van der Waals surface area contributed by atoms with Crippen molar-refractivity contribution in [2.24, 2.45) is 23.7 Å². The molecule has 0 radical (unpaired) electrons. The molecule has 0 unspecified atom stereocenters. The maximum absolute atomic E-state index is 3.83. The molecule has 66 valence electrons. The third-order valence-electron chi connectivity index (χ3n) is 3.94. The van der Waals surface area contributed by atoms with Gasteiger partial charge in [-0.05, 0) is 36.5 Å². The molecule has 6 atom stereocenters. The predicted molar refractivity (Wildman–Crippen MR) is 57.8 cm³/mol. The van der Waals surface area contributed by atoms with Crippen LogP contribution < -0.4 is 0 Å². The highest BCUT2D eigenvalue weighted by atomic mass is 79.9. The fourth-order valence-corrected chi connectivity index (χ4v) is 5.23. The minimum atomic E-state index is 0.724. The first-order chi connectivity index (χ1) is 5.79. The van der Waals surface area contributed by atoms with Gasteiger partial charge >= 0.3 is 0 Å². The molecule has 4 aliphatic carbocycles. The Morgan fingerprint density at radius 1 is 0.833 bits per heavy atom. The molecule has 0 spiro atoms. The number of fused-ring (bicyclic) bond motifs is 2. The Morgan fingerprint density at radius 3 is 1.58 bits per heavy atom. The third-order valence-corrected chi connectivity index (χ3v) is 7.15. The summed E-state index contributed by atoms with van der Waals surface area (Å²) in [6.45, 7) is 0. The summed E-state index contributed by atoms with van der Waals surface area (Å²) >= 11 is 7.66. The minimum absolute atomic E-state index is 0.724. The summed E-state index contributed by atoms with van der Waals surface area (Å²) in [5.74, 6) is 3.66. The van der Waals surface area contributed by atoms with Crippen LogP contribution in [0.5, 0.6) is 0 Å². The molecule has 0 aromatic heterocycles. The van der Waals surface area contributed by atoms with Gasteiger partial charge in [0.05, 0.1) is 0 Å².